The molecule has 0 fully saturated rings. The van der Waals surface area contributed by atoms with Crippen molar-refractivity contribution in [1.29, 1.82) is 0 Å². The molecule has 1 nitrogen and oxygen atoms in total. The second kappa shape index (κ2) is 7.97. The Morgan fingerprint density at radius 1 is 0.690 bits per heavy atom. The van der Waals surface area contributed by atoms with Gasteiger partial charge in [0.1, 0.15) is 0 Å². The van der Waals surface area contributed by atoms with Gasteiger partial charge < -0.3 is 5.32 Å². The van der Waals surface area contributed by atoms with Crippen LogP contribution in [0.25, 0.3) is 22.3 Å². The van der Waals surface area contributed by atoms with Crippen LogP contribution >= 0.6 is 0 Å². The zero-order chi connectivity index (χ0) is 24.6. The SMILES string of the molecule is [2H]c1c([2H])c([2H])c(-c2cccc(Nc3ccc(C(C)(C)C)cc3-c3ccccc3)c2)c([2H])c1[2H]. The van der Waals surface area contributed by atoms with Gasteiger partial charge in [-0.2, -0.15) is 0 Å². The van der Waals surface area contributed by atoms with Crippen LogP contribution in [0.15, 0.2) is 103 Å². The molecule has 0 amide bonds. The van der Waals surface area contributed by atoms with Crippen LogP contribution in [0.4, 0.5) is 11.4 Å². The maximum absolute atomic E-state index is 8.30. The van der Waals surface area contributed by atoms with E-state index in [0.717, 1.165) is 22.5 Å². The monoisotopic (exact) mass is 382 g/mol. The molecule has 0 radical (unpaired) electrons. The quantitative estimate of drug-likeness (QED) is 0.376. The van der Waals surface area contributed by atoms with E-state index >= 15 is 0 Å². The summed E-state index contributed by atoms with van der Waals surface area (Å²) in [4.78, 5) is 0. The summed E-state index contributed by atoms with van der Waals surface area (Å²) in [5.74, 6) is 0. The van der Waals surface area contributed by atoms with E-state index in [-0.39, 0.29) is 41.2 Å². The second-order valence-corrected chi connectivity index (χ2v) is 8.08. The number of anilines is 2. The highest BCUT2D eigenvalue weighted by Crippen LogP contribution is 2.35. The van der Waals surface area contributed by atoms with Crippen molar-refractivity contribution in [1.82, 2.24) is 0 Å². The van der Waals surface area contributed by atoms with E-state index in [4.69, 9.17) is 6.85 Å². The van der Waals surface area contributed by atoms with Crippen LogP contribution in [0.5, 0.6) is 0 Å². The fraction of sp³-hybridized carbons (Fsp3) is 0.143. The first kappa shape index (κ1) is 13.8. The molecule has 0 aliphatic carbocycles. The molecule has 4 aromatic carbocycles. The number of hydrogen-bond acceptors (Lipinski definition) is 1. The Kier molecular flexibility index (Phi) is 3.79. The molecule has 0 bridgehead atoms. The molecule has 1 N–H and O–H groups in total. The number of nitrogens with one attached hydrogen (secondary N) is 1. The molecule has 0 saturated carbocycles. The summed E-state index contributed by atoms with van der Waals surface area (Å²) >= 11 is 0. The standard InChI is InChI=1S/C28H27N/c1-28(2,3)24-17-18-27(26(20-24)22-13-8-5-9-14-22)29-25-16-10-15-23(19-25)21-11-6-4-7-12-21/h4-20,29H,1-3H3/i4D,6D,7D,11D,12D. The van der Waals surface area contributed by atoms with Gasteiger partial charge in [0, 0.05) is 16.9 Å². The fourth-order valence-electron chi connectivity index (χ4n) is 3.28. The molecule has 1 heteroatoms. The molecule has 29 heavy (non-hydrogen) atoms. The Balaban J connectivity index is 1.80. The topological polar surface area (TPSA) is 12.0 Å². The van der Waals surface area contributed by atoms with E-state index in [9.17, 15) is 0 Å². The molecule has 0 saturated heterocycles. The molecule has 0 heterocycles. The first-order chi connectivity index (χ1) is 16.1. The zero-order valence-corrected chi connectivity index (χ0v) is 16.9. The first-order valence-electron chi connectivity index (χ1n) is 12.2. The Morgan fingerprint density at radius 3 is 2.14 bits per heavy atom. The van der Waals surface area contributed by atoms with Crippen LogP contribution in [0.3, 0.4) is 0 Å². The van der Waals surface area contributed by atoms with Crippen LogP contribution in [0.2, 0.25) is 0 Å². The van der Waals surface area contributed by atoms with Gasteiger partial charge in [-0.1, -0.05) is 99.5 Å². The van der Waals surface area contributed by atoms with Gasteiger partial charge in [-0.05, 0) is 51.9 Å². The van der Waals surface area contributed by atoms with Crippen molar-refractivity contribution < 1.29 is 6.85 Å². The third-order valence-corrected chi connectivity index (χ3v) is 4.90. The highest BCUT2D eigenvalue weighted by molar-refractivity contribution is 5.82. The van der Waals surface area contributed by atoms with Crippen molar-refractivity contribution in [3.05, 3.63) is 109 Å². The van der Waals surface area contributed by atoms with Crippen LogP contribution in [0.1, 0.15) is 33.2 Å². The van der Waals surface area contributed by atoms with E-state index in [0.29, 0.717) is 5.56 Å². The summed E-state index contributed by atoms with van der Waals surface area (Å²) in [7, 11) is 0. The summed E-state index contributed by atoms with van der Waals surface area (Å²) in [6.45, 7) is 6.56. The first-order valence-corrected chi connectivity index (χ1v) is 9.72. The highest BCUT2D eigenvalue weighted by atomic mass is 14.9. The normalized spacial score (nSPS) is 13.7. The van der Waals surface area contributed by atoms with E-state index in [1.165, 1.54) is 5.56 Å². The Hall–Kier alpha value is -3.32. The zero-order valence-electron chi connectivity index (χ0n) is 21.9. The van der Waals surface area contributed by atoms with Crippen molar-refractivity contribution in [2.24, 2.45) is 0 Å². The smallest absolute Gasteiger partial charge is 0.0629 e. The number of benzene rings is 4. The molecule has 4 rings (SSSR count). The van der Waals surface area contributed by atoms with E-state index in [1.807, 2.05) is 36.4 Å². The van der Waals surface area contributed by atoms with Crippen LogP contribution in [-0.4, -0.2) is 0 Å². The lowest BCUT2D eigenvalue weighted by molar-refractivity contribution is 0.590. The lowest BCUT2D eigenvalue weighted by atomic mass is 9.85. The molecule has 0 aliphatic heterocycles. The molecule has 0 atom stereocenters. The third-order valence-electron chi connectivity index (χ3n) is 4.90. The van der Waals surface area contributed by atoms with E-state index < -0.39 is 0 Å². The summed E-state index contributed by atoms with van der Waals surface area (Å²) in [5, 5.41) is 3.49. The van der Waals surface area contributed by atoms with Gasteiger partial charge >= 0.3 is 0 Å². The van der Waals surface area contributed by atoms with Crippen LogP contribution in [0, 0.1) is 0 Å². The molecule has 144 valence electrons. The van der Waals surface area contributed by atoms with Crippen LogP contribution in [-0.2, 0) is 5.41 Å². The van der Waals surface area contributed by atoms with E-state index in [2.05, 4.69) is 56.4 Å². The molecule has 0 aliphatic rings. The number of hydrogen-bond donors (Lipinski definition) is 1. The second-order valence-electron chi connectivity index (χ2n) is 8.08. The minimum absolute atomic E-state index is 0.00295. The molecule has 4 aromatic rings. The average molecular weight is 383 g/mol. The molecule has 0 unspecified atom stereocenters. The van der Waals surface area contributed by atoms with Gasteiger partial charge in [-0.15, -0.1) is 0 Å². The number of rotatable bonds is 4. The highest BCUT2D eigenvalue weighted by Gasteiger charge is 2.16. The van der Waals surface area contributed by atoms with Gasteiger partial charge in [-0.25, -0.2) is 0 Å². The minimum atomic E-state index is -0.389. The van der Waals surface area contributed by atoms with Gasteiger partial charge in [0.15, 0.2) is 0 Å². The van der Waals surface area contributed by atoms with Crippen molar-refractivity contribution in [2.45, 2.75) is 26.2 Å². The van der Waals surface area contributed by atoms with Gasteiger partial charge in [0.05, 0.1) is 6.85 Å². The summed E-state index contributed by atoms with van der Waals surface area (Å²) < 4.78 is 40.4. The lowest BCUT2D eigenvalue weighted by Crippen LogP contribution is -2.11. The maximum Gasteiger partial charge on any atom is 0.0629 e. The molecular weight excluding hydrogens is 350 g/mol. The van der Waals surface area contributed by atoms with Gasteiger partial charge in [0.2, 0.25) is 0 Å². The van der Waals surface area contributed by atoms with Crippen molar-refractivity contribution in [2.75, 3.05) is 5.32 Å². The average Bonchev–Trinajstić information content (AvgIpc) is 2.82. The summed E-state index contributed by atoms with van der Waals surface area (Å²) in [6, 6.07) is 22.4. The van der Waals surface area contributed by atoms with Gasteiger partial charge in [-0.3, -0.25) is 0 Å². The molecular formula is C28H27N. The van der Waals surface area contributed by atoms with Crippen LogP contribution < -0.4 is 5.32 Å². The van der Waals surface area contributed by atoms with Crippen molar-refractivity contribution in [3.63, 3.8) is 0 Å². The molecule has 0 aromatic heterocycles. The fourth-order valence-corrected chi connectivity index (χ4v) is 3.28. The predicted molar refractivity (Wildman–Crippen MR) is 126 cm³/mol. The minimum Gasteiger partial charge on any atom is -0.355 e. The predicted octanol–water partition coefficient (Wildman–Crippen LogP) is 8.06. The van der Waals surface area contributed by atoms with E-state index in [1.54, 1.807) is 6.07 Å². The lowest BCUT2D eigenvalue weighted by Gasteiger charge is -2.22. The summed E-state index contributed by atoms with van der Waals surface area (Å²) in [5.41, 5.74) is 5.85. The Morgan fingerprint density at radius 2 is 1.41 bits per heavy atom. The Bertz CT molecular complexity index is 1330. The summed E-state index contributed by atoms with van der Waals surface area (Å²) in [6.07, 6.45) is 0. The third kappa shape index (κ3) is 4.41. The van der Waals surface area contributed by atoms with Crippen molar-refractivity contribution >= 4 is 11.4 Å². The Labute approximate surface area is 181 Å². The largest absolute Gasteiger partial charge is 0.355 e. The molecule has 0 spiro atoms. The van der Waals surface area contributed by atoms with Crippen molar-refractivity contribution in [3.8, 4) is 22.3 Å². The van der Waals surface area contributed by atoms with Gasteiger partial charge in [0.25, 0.3) is 0 Å². The maximum atomic E-state index is 8.30.